The highest BCUT2D eigenvalue weighted by Gasteiger charge is 2.07. The Morgan fingerprint density at radius 1 is 1.22 bits per heavy atom. The molecule has 3 heteroatoms. The van der Waals surface area contributed by atoms with E-state index >= 15 is 0 Å². The second kappa shape index (κ2) is 5.25. The fraction of sp³-hybridized carbons (Fsp3) is 0.400. The zero-order valence-corrected chi connectivity index (χ0v) is 11.2. The van der Waals surface area contributed by atoms with E-state index in [1.54, 1.807) is 0 Å². The number of hydrogen-bond acceptors (Lipinski definition) is 3. The Kier molecular flexibility index (Phi) is 3.70. The fourth-order valence-electron chi connectivity index (χ4n) is 2.25. The third-order valence-corrected chi connectivity index (χ3v) is 3.18. The normalized spacial score (nSPS) is 10.8. The van der Waals surface area contributed by atoms with Gasteiger partial charge < -0.3 is 9.32 Å². The van der Waals surface area contributed by atoms with Gasteiger partial charge in [0.1, 0.15) is 5.58 Å². The molecular formula is C15H19NO2. The molecule has 0 aliphatic rings. The maximum atomic E-state index is 11.4. The van der Waals surface area contributed by atoms with Crippen molar-refractivity contribution < 1.29 is 4.42 Å². The first-order valence-corrected chi connectivity index (χ1v) is 6.45. The van der Waals surface area contributed by atoms with Crippen molar-refractivity contribution in [2.24, 2.45) is 0 Å². The topological polar surface area (TPSA) is 33.5 Å². The molecule has 0 atom stereocenters. The lowest BCUT2D eigenvalue weighted by Gasteiger charge is -2.22. The van der Waals surface area contributed by atoms with E-state index in [2.05, 4.69) is 24.8 Å². The minimum absolute atomic E-state index is 0.282. The van der Waals surface area contributed by atoms with E-state index in [9.17, 15) is 4.79 Å². The molecule has 2 rings (SSSR count). The molecule has 0 unspecified atom stereocenters. The van der Waals surface area contributed by atoms with Crippen molar-refractivity contribution in [3.05, 3.63) is 40.2 Å². The van der Waals surface area contributed by atoms with Gasteiger partial charge in [-0.25, -0.2) is 4.79 Å². The van der Waals surface area contributed by atoms with Gasteiger partial charge in [-0.05, 0) is 38.0 Å². The number of nitrogens with zero attached hydrogens (tertiary/aromatic N) is 1. The predicted octanol–water partition coefficient (Wildman–Crippen LogP) is 3.34. The molecule has 1 aromatic heterocycles. The van der Waals surface area contributed by atoms with Gasteiger partial charge in [0.2, 0.25) is 0 Å². The molecule has 0 spiro atoms. The van der Waals surface area contributed by atoms with Gasteiger partial charge in [-0.15, -0.1) is 0 Å². The molecule has 3 nitrogen and oxygen atoms in total. The lowest BCUT2D eigenvalue weighted by atomic mass is 10.1. The second-order valence-corrected chi connectivity index (χ2v) is 4.51. The van der Waals surface area contributed by atoms with Gasteiger partial charge in [0, 0.05) is 36.3 Å². The molecule has 1 aromatic carbocycles. The van der Waals surface area contributed by atoms with E-state index in [1.165, 1.54) is 6.07 Å². The predicted molar refractivity (Wildman–Crippen MR) is 75.4 cm³/mol. The number of aryl methyl sites for hydroxylation is 1. The third kappa shape index (κ3) is 2.40. The van der Waals surface area contributed by atoms with Crippen LogP contribution in [0.2, 0.25) is 0 Å². The summed E-state index contributed by atoms with van der Waals surface area (Å²) in [5, 5.41) is 1.01. The second-order valence-electron chi connectivity index (χ2n) is 4.51. The van der Waals surface area contributed by atoms with Gasteiger partial charge in [-0.2, -0.15) is 0 Å². The van der Waals surface area contributed by atoms with Gasteiger partial charge in [0.05, 0.1) is 0 Å². The quantitative estimate of drug-likeness (QED) is 0.775. The van der Waals surface area contributed by atoms with Crippen molar-refractivity contribution in [3.63, 3.8) is 0 Å². The Labute approximate surface area is 107 Å². The molecule has 0 aliphatic heterocycles. The van der Waals surface area contributed by atoms with E-state index in [-0.39, 0.29) is 5.63 Å². The van der Waals surface area contributed by atoms with Crippen LogP contribution in [0.5, 0.6) is 0 Å². The molecule has 18 heavy (non-hydrogen) atoms. The minimum Gasteiger partial charge on any atom is -0.423 e. The SMILES string of the molecule is CCCN(CC)c1ccc2c(C)cc(=O)oc2c1. The average Bonchev–Trinajstić information content (AvgIpc) is 2.35. The van der Waals surface area contributed by atoms with Crippen molar-refractivity contribution in [1.29, 1.82) is 0 Å². The van der Waals surface area contributed by atoms with Crippen LogP contribution in [0.4, 0.5) is 5.69 Å². The largest absolute Gasteiger partial charge is 0.423 e. The first-order valence-electron chi connectivity index (χ1n) is 6.45. The van der Waals surface area contributed by atoms with Crippen LogP contribution in [0.3, 0.4) is 0 Å². The van der Waals surface area contributed by atoms with E-state index < -0.39 is 0 Å². The highest BCUT2D eigenvalue weighted by atomic mass is 16.4. The number of hydrogen-bond donors (Lipinski definition) is 0. The fourth-order valence-corrected chi connectivity index (χ4v) is 2.25. The van der Waals surface area contributed by atoms with Crippen LogP contribution in [0.25, 0.3) is 11.0 Å². The Morgan fingerprint density at radius 2 is 2.00 bits per heavy atom. The maximum Gasteiger partial charge on any atom is 0.336 e. The molecule has 96 valence electrons. The standard InChI is InChI=1S/C15H19NO2/c1-4-8-16(5-2)12-6-7-13-11(3)9-15(17)18-14(13)10-12/h6-7,9-10H,4-5,8H2,1-3H3. The lowest BCUT2D eigenvalue weighted by Crippen LogP contribution is -2.23. The van der Waals surface area contributed by atoms with Crippen LogP contribution in [0.1, 0.15) is 25.8 Å². The summed E-state index contributed by atoms with van der Waals surface area (Å²) in [6, 6.07) is 7.62. The van der Waals surface area contributed by atoms with Gasteiger partial charge in [0.15, 0.2) is 0 Å². The summed E-state index contributed by atoms with van der Waals surface area (Å²) in [5.41, 5.74) is 2.47. The summed E-state index contributed by atoms with van der Waals surface area (Å²) in [4.78, 5) is 13.7. The summed E-state index contributed by atoms with van der Waals surface area (Å²) < 4.78 is 5.27. The summed E-state index contributed by atoms with van der Waals surface area (Å²) in [6.07, 6.45) is 1.10. The highest BCUT2D eigenvalue weighted by molar-refractivity contribution is 5.83. The van der Waals surface area contributed by atoms with E-state index in [4.69, 9.17) is 4.42 Å². The molecule has 0 saturated heterocycles. The molecular weight excluding hydrogens is 226 g/mol. The zero-order valence-electron chi connectivity index (χ0n) is 11.2. The first kappa shape index (κ1) is 12.7. The van der Waals surface area contributed by atoms with Gasteiger partial charge >= 0.3 is 5.63 Å². The van der Waals surface area contributed by atoms with Crippen LogP contribution in [-0.4, -0.2) is 13.1 Å². The van der Waals surface area contributed by atoms with E-state index in [1.807, 2.05) is 19.1 Å². The average molecular weight is 245 g/mol. The van der Waals surface area contributed by atoms with Crippen molar-refractivity contribution >= 4 is 16.7 Å². The highest BCUT2D eigenvalue weighted by Crippen LogP contribution is 2.23. The number of anilines is 1. The molecule has 1 heterocycles. The van der Waals surface area contributed by atoms with Crippen LogP contribution >= 0.6 is 0 Å². The minimum atomic E-state index is -0.282. The van der Waals surface area contributed by atoms with E-state index in [0.717, 1.165) is 36.1 Å². The smallest absolute Gasteiger partial charge is 0.336 e. The van der Waals surface area contributed by atoms with E-state index in [0.29, 0.717) is 5.58 Å². The number of benzene rings is 1. The maximum absolute atomic E-state index is 11.4. The van der Waals surface area contributed by atoms with Crippen molar-refractivity contribution in [2.45, 2.75) is 27.2 Å². The van der Waals surface area contributed by atoms with Crippen molar-refractivity contribution in [2.75, 3.05) is 18.0 Å². The molecule has 2 aromatic rings. The zero-order chi connectivity index (χ0) is 13.1. The molecule has 0 radical (unpaired) electrons. The Morgan fingerprint density at radius 3 is 2.67 bits per heavy atom. The van der Waals surface area contributed by atoms with Crippen LogP contribution in [-0.2, 0) is 0 Å². The Bertz CT molecular complexity index is 601. The summed E-state index contributed by atoms with van der Waals surface area (Å²) in [5.74, 6) is 0. The summed E-state index contributed by atoms with van der Waals surface area (Å²) in [7, 11) is 0. The number of rotatable bonds is 4. The molecule has 0 bridgehead atoms. The van der Waals surface area contributed by atoms with Gasteiger partial charge in [0.25, 0.3) is 0 Å². The molecule has 0 amide bonds. The number of fused-ring (bicyclic) bond motifs is 1. The first-order chi connectivity index (χ1) is 8.65. The molecule has 0 fully saturated rings. The van der Waals surface area contributed by atoms with Crippen molar-refractivity contribution in [3.8, 4) is 0 Å². The monoisotopic (exact) mass is 245 g/mol. The third-order valence-electron chi connectivity index (χ3n) is 3.18. The lowest BCUT2D eigenvalue weighted by molar-refractivity contribution is 0.559. The Balaban J connectivity index is 2.52. The molecule has 0 N–H and O–H groups in total. The molecule has 0 saturated carbocycles. The summed E-state index contributed by atoms with van der Waals surface area (Å²) in [6.45, 7) is 8.19. The Hall–Kier alpha value is -1.77. The van der Waals surface area contributed by atoms with Crippen LogP contribution in [0, 0.1) is 6.92 Å². The summed E-state index contributed by atoms with van der Waals surface area (Å²) >= 11 is 0. The molecule has 0 aliphatic carbocycles. The van der Waals surface area contributed by atoms with Gasteiger partial charge in [-0.1, -0.05) is 6.92 Å². The van der Waals surface area contributed by atoms with Crippen molar-refractivity contribution in [1.82, 2.24) is 0 Å². The van der Waals surface area contributed by atoms with Gasteiger partial charge in [-0.3, -0.25) is 0 Å². The van der Waals surface area contributed by atoms with Crippen LogP contribution < -0.4 is 10.5 Å². The van der Waals surface area contributed by atoms with Crippen LogP contribution in [0.15, 0.2) is 33.5 Å².